The maximum Gasteiger partial charge on any atom is 0.319 e. The van der Waals surface area contributed by atoms with E-state index in [4.69, 9.17) is 26.0 Å². The molecule has 0 radical (unpaired) electrons. The van der Waals surface area contributed by atoms with Crippen LogP contribution in [-0.4, -0.2) is 78.4 Å². The predicted octanol–water partition coefficient (Wildman–Crippen LogP) is 4.87. The Bertz CT molecular complexity index is 1580. The summed E-state index contributed by atoms with van der Waals surface area (Å²) in [5.74, 6) is -1.01. The summed E-state index contributed by atoms with van der Waals surface area (Å²) < 4.78 is 25.9. The molecule has 1 aliphatic carbocycles. The Kier molecular flexibility index (Phi) is 8.17. The highest BCUT2D eigenvalue weighted by molar-refractivity contribution is 5.97. The molecule has 43 heavy (non-hydrogen) atoms. The number of ether oxygens (including phenoxy) is 2. The van der Waals surface area contributed by atoms with E-state index in [1.807, 2.05) is 6.92 Å². The lowest BCUT2D eigenvalue weighted by atomic mass is 9.99. The average molecular weight is 585 g/mol. The number of benzene rings is 2. The summed E-state index contributed by atoms with van der Waals surface area (Å²) in [5.41, 5.74) is 4.33. The number of carbonyl (C=O) groups excluding carboxylic acids is 1. The first-order chi connectivity index (χ1) is 20.8. The van der Waals surface area contributed by atoms with E-state index in [1.54, 1.807) is 0 Å². The van der Waals surface area contributed by atoms with Gasteiger partial charge in [0.05, 0.1) is 24.9 Å². The van der Waals surface area contributed by atoms with Crippen LogP contribution >= 0.6 is 0 Å². The third kappa shape index (κ3) is 6.13. The third-order valence-electron chi connectivity index (χ3n) is 8.43. The molecular weight excluding hydrogens is 547 g/mol. The van der Waals surface area contributed by atoms with Gasteiger partial charge in [-0.2, -0.15) is 9.97 Å². The minimum atomic E-state index is -1.01. The quantitative estimate of drug-likeness (QED) is 0.263. The molecule has 0 bridgehead atoms. The molecule has 0 N–H and O–H groups in total. The Labute approximate surface area is 251 Å². The first-order valence-electron chi connectivity index (χ1n) is 15.0. The van der Waals surface area contributed by atoms with Gasteiger partial charge < -0.3 is 29.0 Å². The van der Waals surface area contributed by atoms with Crippen molar-refractivity contribution < 1.29 is 18.7 Å². The maximum absolute atomic E-state index is 13.8. The summed E-state index contributed by atoms with van der Waals surface area (Å²) in [5, 5.41) is 2.44. The van der Waals surface area contributed by atoms with Gasteiger partial charge in [0, 0.05) is 42.8 Å². The van der Waals surface area contributed by atoms with Gasteiger partial charge in [0.15, 0.2) is 5.83 Å². The van der Waals surface area contributed by atoms with Crippen LogP contribution in [0.3, 0.4) is 0 Å². The van der Waals surface area contributed by atoms with Crippen molar-refractivity contribution in [3.8, 4) is 6.01 Å². The summed E-state index contributed by atoms with van der Waals surface area (Å²) >= 11 is 0. The number of hydrogen-bond donors (Lipinski definition) is 0. The second-order valence-electron chi connectivity index (χ2n) is 11.7. The number of amides is 1. The van der Waals surface area contributed by atoms with Crippen molar-refractivity contribution in [1.29, 1.82) is 0 Å². The molecule has 2 aromatic carbocycles. The Morgan fingerprint density at radius 1 is 1.16 bits per heavy atom. The third-order valence-corrected chi connectivity index (χ3v) is 8.43. The van der Waals surface area contributed by atoms with Crippen LogP contribution in [0.1, 0.15) is 36.6 Å². The molecule has 1 aromatic heterocycles. The smallest absolute Gasteiger partial charge is 0.319 e. The van der Waals surface area contributed by atoms with Crippen LogP contribution in [0.5, 0.6) is 6.01 Å². The number of halogens is 1. The van der Waals surface area contributed by atoms with Crippen molar-refractivity contribution in [2.24, 2.45) is 0 Å². The molecule has 3 aliphatic rings. The number of nitrogens with zero attached hydrogens (tertiary/aromatic N) is 6. The van der Waals surface area contributed by atoms with E-state index >= 15 is 0 Å². The van der Waals surface area contributed by atoms with Gasteiger partial charge in [-0.05, 0) is 50.1 Å². The van der Waals surface area contributed by atoms with E-state index in [0.29, 0.717) is 32.3 Å². The summed E-state index contributed by atoms with van der Waals surface area (Å²) in [6, 6.07) is 12.6. The highest BCUT2D eigenvalue weighted by atomic mass is 19.1. The van der Waals surface area contributed by atoms with Crippen LogP contribution in [-0.2, 0) is 22.5 Å². The standard InChI is InChI=1S/C33H37FN6O3/c1-21-7-5-8-24-9-6-10-29(30(21)24)38-14-13-27-28(19-38)36-33(43-22(2)20-42-26-11-12-26)37-31(27)39-15-16-40(32(41)23(3)34)25(18-39)17-35-4/h5-10,22,25-26H,3,11-20H2,1-2H3/t22-,25+/m1/s1. The maximum atomic E-state index is 13.8. The van der Waals surface area contributed by atoms with Crippen molar-refractivity contribution >= 4 is 28.2 Å². The molecule has 3 aromatic rings. The normalized spacial score (nSPS) is 19.1. The number of rotatable bonds is 9. The Morgan fingerprint density at radius 2 is 1.95 bits per heavy atom. The number of anilines is 2. The Morgan fingerprint density at radius 3 is 2.70 bits per heavy atom. The molecule has 3 heterocycles. The Balaban J connectivity index is 1.33. The number of aromatic nitrogens is 2. The zero-order chi connectivity index (χ0) is 30.1. The predicted molar refractivity (Wildman–Crippen MR) is 164 cm³/mol. The van der Waals surface area contributed by atoms with Crippen molar-refractivity contribution in [2.75, 3.05) is 49.1 Å². The molecular formula is C33H37FN6O3. The fraction of sp³-hybridized carbons (Fsp3) is 0.455. The molecule has 2 atom stereocenters. The highest BCUT2D eigenvalue weighted by Gasteiger charge is 2.36. The van der Waals surface area contributed by atoms with Gasteiger partial charge in [0.25, 0.3) is 5.91 Å². The molecule has 9 nitrogen and oxygen atoms in total. The average Bonchev–Trinajstić information content (AvgIpc) is 3.84. The molecule has 0 spiro atoms. The minimum Gasteiger partial charge on any atom is -0.458 e. The van der Waals surface area contributed by atoms with E-state index in [-0.39, 0.29) is 25.2 Å². The zero-order valence-corrected chi connectivity index (χ0v) is 24.8. The summed E-state index contributed by atoms with van der Waals surface area (Å²) in [6.07, 6.45) is 2.99. The van der Waals surface area contributed by atoms with Gasteiger partial charge in [-0.1, -0.05) is 36.9 Å². The second-order valence-corrected chi connectivity index (χ2v) is 11.7. The number of aryl methyl sites for hydroxylation is 1. The molecule has 2 aliphatic heterocycles. The summed E-state index contributed by atoms with van der Waals surface area (Å²) in [7, 11) is 0. The monoisotopic (exact) mass is 584 g/mol. The lowest BCUT2D eigenvalue weighted by molar-refractivity contribution is -0.131. The van der Waals surface area contributed by atoms with Gasteiger partial charge in [-0.25, -0.2) is 11.0 Å². The fourth-order valence-corrected chi connectivity index (χ4v) is 6.13. The van der Waals surface area contributed by atoms with Crippen LogP contribution in [0.15, 0.2) is 48.8 Å². The zero-order valence-electron chi connectivity index (χ0n) is 24.8. The summed E-state index contributed by atoms with van der Waals surface area (Å²) in [4.78, 5) is 31.7. The van der Waals surface area contributed by atoms with E-state index < -0.39 is 17.8 Å². The van der Waals surface area contributed by atoms with Crippen LogP contribution in [0.4, 0.5) is 15.9 Å². The van der Waals surface area contributed by atoms with Crippen molar-refractivity contribution in [3.63, 3.8) is 0 Å². The lowest BCUT2D eigenvalue weighted by Crippen LogP contribution is -2.57. The molecule has 1 amide bonds. The largest absolute Gasteiger partial charge is 0.458 e. The molecule has 1 saturated heterocycles. The van der Waals surface area contributed by atoms with Gasteiger partial charge in [-0.3, -0.25) is 4.79 Å². The van der Waals surface area contributed by atoms with Crippen molar-refractivity contribution in [3.05, 3.63) is 77.0 Å². The lowest BCUT2D eigenvalue weighted by Gasteiger charge is -2.41. The molecule has 10 heteroatoms. The van der Waals surface area contributed by atoms with Gasteiger partial charge >= 0.3 is 6.01 Å². The van der Waals surface area contributed by atoms with E-state index in [0.717, 1.165) is 42.9 Å². The van der Waals surface area contributed by atoms with E-state index in [9.17, 15) is 9.18 Å². The van der Waals surface area contributed by atoms with Crippen LogP contribution < -0.4 is 14.5 Å². The number of hydrogen-bond acceptors (Lipinski definition) is 7. The molecule has 2 fully saturated rings. The number of piperazine rings is 1. The topological polar surface area (TPSA) is 75.4 Å². The SMILES string of the molecule is [C-]#[N+]C[C@H]1CN(c2nc(O[C@H](C)COC3CC3)nc3c2CCN(c2cccc4cccc(C)c24)C3)CCN1C(=O)C(=C)F. The highest BCUT2D eigenvalue weighted by Crippen LogP contribution is 2.36. The van der Waals surface area contributed by atoms with Gasteiger partial charge in [-0.15, -0.1) is 0 Å². The fourth-order valence-electron chi connectivity index (χ4n) is 6.13. The first-order valence-corrected chi connectivity index (χ1v) is 15.0. The van der Waals surface area contributed by atoms with Crippen molar-refractivity contribution in [2.45, 2.75) is 57.9 Å². The van der Waals surface area contributed by atoms with Gasteiger partial charge in [0.2, 0.25) is 6.54 Å². The van der Waals surface area contributed by atoms with E-state index in [1.165, 1.54) is 26.9 Å². The van der Waals surface area contributed by atoms with Crippen LogP contribution in [0.25, 0.3) is 15.6 Å². The van der Waals surface area contributed by atoms with Crippen LogP contribution in [0.2, 0.25) is 0 Å². The molecule has 0 unspecified atom stereocenters. The molecule has 6 rings (SSSR count). The minimum absolute atomic E-state index is 0.0654. The van der Waals surface area contributed by atoms with Crippen LogP contribution in [0, 0.1) is 13.5 Å². The summed E-state index contributed by atoms with van der Waals surface area (Å²) in [6.45, 7) is 17.7. The Hall–Kier alpha value is -4.23. The molecule has 224 valence electrons. The first kappa shape index (κ1) is 28.9. The molecule has 1 saturated carbocycles. The van der Waals surface area contributed by atoms with Crippen molar-refractivity contribution in [1.82, 2.24) is 14.9 Å². The van der Waals surface area contributed by atoms with E-state index in [2.05, 4.69) is 64.5 Å². The van der Waals surface area contributed by atoms with Gasteiger partial charge in [0.1, 0.15) is 18.0 Å². The second kappa shape index (κ2) is 12.2. The number of fused-ring (bicyclic) bond motifs is 2. The number of carbonyl (C=O) groups is 1.